The number of amides is 1. The Bertz CT molecular complexity index is 602. The molecule has 1 aliphatic rings. The van der Waals surface area contributed by atoms with Gasteiger partial charge in [-0.15, -0.1) is 0 Å². The van der Waals surface area contributed by atoms with Crippen LogP contribution in [0, 0.1) is 5.41 Å². The number of rotatable bonds is 8. The van der Waals surface area contributed by atoms with Crippen LogP contribution in [0.1, 0.15) is 18.4 Å². The largest absolute Gasteiger partial charge is 0.493 e. The van der Waals surface area contributed by atoms with E-state index < -0.39 is 23.9 Å². The molecule has 6 nitrogen and oxygen atoms in total. The van der Waals surface area contributed by atoms with Crippen LogP contribution in [0.15, 0.2) is 18.2 Å². The van der Waals surface area contributed by atoms with Gasteiger partial charge in [0.15, 0.2) is 11.5 Å². The number of nitrogens with one attached hydrogen (secondary N) is 1. The number of alkyl halides is 2. The van der Waals surface area contributed by atoms with Crippen molar-refractivity contribution in [1.29, 1.82) is 0 Å². The van der Waals surface area contributed by atoms with E-state index in [0.717, 1.165) is 0 Å². The first kappa shape index (κ1) is 17.0. The number of halogens is 2. The standard InChI is InChI=1S/C15H17F2NO5/c1-22-10-3-2-9(8-11(10)23-14(16)17)4-7-18-12(19)15(5-6-15)13(20)21/h2-3,8,14H,4-7H2,1H3,(H,18,19)(H,20,21). The number of benzene rings is 1. The van der Waals surface area contributed by atoms with Crippen LogP contribution < -0.4 is 14.8 Å². The smallest absolute Gasteiger partial charge is 0.387 e. The molecule has 0 atom stereocenters. The van der Waals surface area contributed by atoms with Gasteiger partial charge in [-0.1, -0.05) is 6.07 Å². The van der Waals surface area contributed by atoms with Gasteiger partial charge in [0.05, 0.1) is 7.11 Å². The molecule has 23 heavy (non-hydrogen) atoms. The van der Waals surface area contributed by atoms with Gasteiger partial charge >= 0.3 is 12.6 Å². The van der Waals surface area contributed by atoms with E-state index in [9.17, 15) is 18.4 Å². The molecule has 1 aromatic carbocycles. The monoisotopic (exact) mass is 329 g/mol. The van der Waals surface area contributed by atoms with E-state index in [0.29, 0.717) is 24.8 Å². The molecular formula is C15H17F2NO5. The molecule has 0 spiro atoms. The summed E-state index contributed by atoms with van der Waals surface area (Å²) in [5.41, 5.74) is -0.633. The van der Waals surface area contributed by atoms with E-state index in [1.807, 2.05) is 0 Å². The minimum Gasteiger partial charge on any atom is -0.493 e. The second-order valence-electron chi connectivity index (χ2n) is 5.26. The van der Waals surface area contributed by atoms with Crippen LogP contribution >= 0.6 is 0 Å². The van der Waals surface area contributed by atoms with E-state index in [2.05, 4.69) is 10.1 Å². The van der Waals surface area contributed by atoms with Crippen LogP contribution in [0.5, 0.6) is 11.5 Å². The summed E-state index contributed by atoms with van der Waals surface area (Å²) in [5.74, 6) is -1.54. The first-order chi connectivity index (χ1) is 10.9. The van der Waals surface area contributed by atoms with Gasteiger partial charge in [0.25, 0.3) is 0 Å². The van der Waals surface area contributed by atoms with Crippen molar-refractivity contribution in [3.05, 3.63) is 23.8 Å². The van der Waals surface area contributed by atoms with E-state index in [-0.39, 0.29) is 18.0 Å². The minimum atomic E-state index is -2.97. The lowest BCUT2D eigenvalue weighted by molar-refractivity contribution is -0.149. The maximum Gasteiger partial charge on any atom is 0.387 e. The molecule has 0 aromatic heterocycles. The Hall–Kier alpha value is -2.38. The molecule has 2 rings (SSSR count). The quantitative estimate of drug-likeness (QED) is 0.711. The fourth-order valence-electron chi connectivity index (χ4n) is 2.22. The highest BCUT2D eigenvalue weighted by atomic mass is 19.3. The van der Waals surface area contributed by atoms with Gasteiger partial charge in [-0.05, 0) is 37.0 Å². The number of carboxylic acids is 1. The summed E-state index contributed by atoms with van der Waals surface area (Å²) in [6.45, 7) is -2.77. The Morgan fingerprint density at radius 1 is 1.35 bits per heavy atom. The number of carbonyl (C=O) groups excluding carboxylic acids is 1. The second-order valence-corrected chi connectivity index (χ2v) is 5.26. The van der Waals surface area contributed by atoms with Gasteiger partial charge in [0.1, 0.15) is 5.41 Å². The van der Waals surface area contributed by atoms with E-state index in [1.165, 1.54) is 19.2 Å². The van der Waals surface area contributed by atoms with Crippen molar-refractivity contribution >= 4 is 11.9 Å². The van der Waals surface area contributed by atoms with Gasteiger partial charge in [-0.2, -0.15) is 8.78 Å². The van der Waals surface area contributed by atoms with Crippen molar-refractivity contribution in [2.75, 3.05) is 13.7 Å². The Labute approximate surface area is 131 Å². The van der Waals surface area contributed by atoms with Crippen LogP contribution in [0.3, 0.4) is 0 Å². The Balaban J connectivity index is 1.93. The lowest BCUT2D eigenvalue weighted by Gasteiger charge is -2.13. The summed E-state index contributed by atoms with van der Waals surface area (Å²) in [4.78, 5) is 22.8. The summed E-state index contributed by atoms with van der Waals surface area (Å²) >= 11 is 0. The first-order valence-corrected chi connectivity index (χ1v) is 7.02. The predicted molar refractivity (Wildman–Crippen MR) is 75.6 cm³/mol. The summed E-state index contributed by atoms with van der Waals surface area (Å²) in [5, 5.41) is 11.6. The summed E-state index contributed by atoms with van der Waals surface area (Å²) in [6, 6.07) is 4.56. The number of hydrogen-bond acceptors (Lipinski definition) is 4. The Kier molecular flexibility index (Phi) is 5.02. The zero-order chi connectivity index (χ0) is 17.0. The zero-order valence-electron chi connectivity index (χ0n) is 12.5. The third kappa shape index (κ3) is 3.88. The van der Waals surface area contributed by atoms with Gasteiger partial charge in [-0.25, -0.2) is 0 Å². The lowest BCUT2D eigenvalue weighted by Crippen LogP contribution is -2.37. The van der Waals surface area contributed by atoms with Gasteiger partial charge < -0.3 is 19.9 Å². The first-order valence-electron chi connectivity index (χ1n) is 7.02. The fourth-order valence-corrected chi connectivity index (χ4v) is 2.22. The van der Waals surface area contributed by atoms with Crippen LogP contribution in [-0.2, 0) is 16.0 Å². The maximum absolute atomic E-state index is 12.3. The van der Waals surface area contributed by atoms with Crippen molar-refractivity contribution in [3.63, 3.8) is 0 Å². The number of carbonyl (C=O) groups is 2. The Morgan fingerprint density at radius 2 is 2.04 bits per heavy atom. The van der Waals surface area contributed by atoms with Crippen LogP contribution in [0.2, 0.25) is 0 Å². The van der Waals surface area contributed by atoms with Gasteiger partial charge in [-0.3, -0.25) is 9.59 Å². The van der Waals surface area contributed by atoms with Gasteiger partial charge in [0, 0.05) is 6.54 Å². The fraction of sp³-hybridized carbons (Fsp3) is 0.467. The summed E-state index contributed by atoms with van der Waals surface area (Å²) in [7, 11) is 1.34. The number of aliphatic carboxylic acids is 1. The molecule has 1 saturated carbocycles. The topological polar surface area (TPSA) is 84.9 Å². The summed E-state index contributed by atoms with van der Waals surface area (Å²) in [6.07, 6.45) is 1.02. The van der Waals surface area contributed by atoms with E-state index in [1.54, 1.807) is 6.07 Å². The molecule has 0 heterocycles. The average Bonchev–Trinajstić information content (AvgIpc) is 3.28. The van der Waals surface area contributed by atoms with Crippen molar-refractivity contribution in [1.82, 2.24) is 5.32 Å². The molecule has 8 heteroatoms. The molecule has 1 fully saturated rings. The van der Waals surface area contributed by atoms with E-state index in [4.69, 9.17) is 9.84 Å². The number of methoxy groups -OCH3 is 1. The van der Waals surface area contributed by atoms with Crippen LogP contribution in [0.25, 0.3) is 0 Å². The molecule has 1 amide bonds. The highest BCUT2D eigenvalue weighted by molar-refractivity contribution is 6.04. The average molecular weight is 329 g/mol. The molecule has 0 unspecified atom stereocenters. The SMILES string of the molecule is COc1ccc(CCNC(=O)C2(C(=O)O)CC2)cc1OC(F)F. The van der Waals surface area contributed by atoms with Crippen molar-refractivity contribution in [2.24, 2.45) is 5.41 Å². The molecule has 1 aliphatic carbocycles. The molecular weight excluding hydrogens is 312 g/mol. The lowest BCUT2D eigenvalue weighted by atomic mass is 10.1. The molecule has 0 aliphatic heterocycles. The maximum atomic E-state index is 12.3. The predicted octanol–water partition coefficient (Wildman–Crippen LogP) is 1.82. The van der Waals surface area contributed by atoms with Crippen molar-refractivity contribution < 1.29 is 33.0 Å². The van der Waals surface area contributed by atoms with Gasteiger partial charge in [0.2, 0.25) is 5.91 Å². The normalized spacial score (nSPS) is 15.1. The number of ether oxygens (including phenoxy) is 2. The van der Waals surface area contributed by atoms with Crippen molar-refractivity contribution in [3.8, 4) is 11.5 Å². The summed E-state index contributed by atoms with van der Waals surface area (Å²) < 4.78 is 34.0. The third-order valence-corrected chi connectivity index (χ3v) is 3.74. The third-order valence-electron chi connectivity index (χ3n) is 3.74. The Morgan fingerprint density at radius 3 is 2.57 bits per heavy atom. The molecule has 2 N–H and O–H groups in total. The molecule has 126 valence electrons. The molecule has 0 saturated heterocycles. The van der Waals surface area contributed by atoms with Crippen LogP contribution in [-0.4, -0.2) is 37.2 Å². The number of hydrogen-bond donors (Lipinski definition) is 2. The molecule has 0 radical (unpaired) electrons. The van der Waals surface area contributed by atoms with E-state index >= 15 is 0 Å². The second kappa shape index (κ2) is 6.80. The highest BCUT2D eigenvalue weighted by Gasteiger charge is 2.56. The molecule has 0 bridgehead atoms. The van der Waals surface area contributed by atoms with Crippen LogP contribution in [0.4, 0.5) is 8.78 Å². The minimum absolute atomic E-state index is 0.0875. The molecule has 1 aromatic rings. The highest BCUT2D eigenvalue weighted by Crippen LogP contribution is 2.46. The zero-order valence-corrected chi connectivity index (χ0v) is 12.5. The van der Waals surface area contributed by atoms with Crippen molar-refractivity contribution in [2.45, 2.75) is 25.9 Å². The number of carboxylic acid groups (broad SMARTS) is 1.